The van der Waals surface area contributed by atoms with E-state index in [9.17, 15) is 13.2 Å². The molecule has 3 rings (SSSR count). The number of benzene rings is 2. The molecule has 0 radical (unpaired) electrons. The van der Waals surface area contributed by atoms with Crippen LogP contribution in [0.1, 0.15) is 0 Å². The zero-order valence-electron chi connectivity index (χ0n) is 12.5. The van der Waals surface area contributed by atoms with Crippen LogP contribution in [0.5, 0.6) is 0 Å². The molecule has 1 amide bonds. The van der Waals surface area contributed by atoms with Gasteiger partial charge in [-0.25, -0.2) is 8.42 Å². The molecular weight excluding hydrogens is 328 g/mol. The third-order valence-corrected chi connectivity index (χ3v) is 4.96. The van der Waals surface area contributed by atoms with Crippen LogP contribution in [0.4, 0.5) is 5.88 Å². The van der Waals surface area contributed by atoms with E-state index in [4.69, 9.17) is 4.52 Å². The van der Waals surface area contributed by atoms with Gasteiger partial charge in [-0.05, 0) is 17.7 Å². The highest BCUT2D eigenvalue weighted by Gasteiger charge is 2.21. The lowest BCUT2D eigenvalue weighted by atomic mass is 10.1. The number of nitrogens with one attached hydrogen (secondary N) is 1. The second kappa shape index (κ2) is 6.67. The molecule has 7 heteroatoms. The van der Waals surface area contributed by atoms with Crippen molar-refractivity contribution in [1.29, 1.82) is 0 Å². The number of carbonyl (C=O) groups is 1. The van der Waals surface area contributed by atoms with Crippen LogP contribution in [0.25, 0.3) is 11.1 Å². The molecule has 0 saturated heterocycles. The van der Waals surface area contributed by atoms with E-state index in [1.165, 1.54) is 18.3 Å². The average molecular weight is 342 g/mol. The Labute approximate surface area is 139 Å². The zero-order valence-corrected chi connectivity index (χ0v) is 13.4. The van der Waals surface area contributed by atoms with Gasteiger partial charge < -0.3 is 4.52 Å². The molecule has 24 heavy (non-hydrogen) atoms. The Balaban J connectivity index is 1.76. The number of amides is 1. The van der Waals surface area contributed by atoms with Gasteiger partial charge in [-0.1, -0.05) is 53.7 Å². The lowest BCUT2D eigenvalue weighted by molar-refractivity contribution is -0.114. The molecule has 0 fully saturated rings. The van der Waals surface area contributed by atoms with Crippen molar-refractivity contribution < 1.29 is 17.7 Å². The van der Waals surface area contributed by atoms with Gasteiger partial charge in [-0.15, -0.1) is 0 Å². The monoisotopic (exact) mass is 342 g/mol. The van der Waals surface area contributed by atoms with Gasteiger partial charge in [-0.3, -0.25) is 10.1 Å². The van der Waals surface area contributed by atoms with Crippen LogP contribution in [-0.4, -0.2) is 25.2 Å². The predicted molar refractivity (Wildman–Crippen MR) is 89.1 cm³/mol. The summed E-state index contributed by atoms with van der Waals surface area (Å²) in [6.07, 6.45) is 1.47. The number of rotatable bonds is 5. The summed E-state index contributed by atoms with van der Waals surface area (Å²) in [5, 5.41) is 6.13. The molecule has 0 aliphatic heterocycles. The molecule has 0 unspecified atom stereocenters. The maximum atomic E-state index is 12.2. The van der Waals surface area contributed by atoms with Gasteiger partial charge in [0.05, 0.1) is 16.7 Å². The summed E-state index contributed by atoms with van der Waals surface area (Å²) in [7, 11) is -3.71. The van der Waals surface area contributed by atoms with E-state index in [1.54, 1.807) is 18.2 Å². The van der Waals surface area contributed by atoms with Crippen LogP contribution >= 0.6 is 0 Å². The van der Waals surface area contributed by atoms with Gasteiger partial charge in [0.1, 0.15) is 5.75 Å². The Morgan fingerprint density at radius 1 is 1.00 bits per heavy atom. The summed E-state index contributed by atoms with van der Waals surface area (Å²) in [6.45, 7) is 0. The Morgan fingerprint density at radius 2 is 1.62 bits per heavy atom. The van der Waals surface area contributed by atoms with Crippen molar-refractivity contribution in [2.75, 3.05) is 11.1 Å². The number of anilines is 1. The Kier molecular flexibility index (Phi) is 4.43. The second-order valence-electron chi connectivity index (χ2n) is 5.05. The van der Waals surface area contributed by atoms with Crippen molar-refractivity contribution in [1.82, 2.24) is 5.16 Å². The highest BCUT2D eigenvalue weighted by molar-refractivity contribution is 7.92. The molecule has 1 aromatic heterocycles. The van der Waals surface area contributed by atoms with Crippen LogP contribution in [0.3, 0.4) is 0 Å². The summed E-state index contributed by atoms with van der Waals surface area (Å²) >= 11 is 0. The first kappa shape index (κ1) is 15.9. The molecule has 2 aromatic carbocycles. The van der Waals surface area contributed by atoms with E-state index in [0.29, 0.717) is 5.56 Å². The minimum atomic E-state index is -3.71. The maximum Gasteiger partial charge on any atom is 0.242 e. The quantitative estimate of drug-likeness (QED) is 0.770. The highest BCUT2D eigenvalue weighted by atomic mass is 32.2. The third-order valence-electron chi connectivity index (χ3n) is 3.33. The first-order chi connectivity index (χ1) is 11.6. The molecule has 1 N–H and O–H groups in total. The lowest BCUT2D eigenvalue weighted by Gasteiger charge is -2.05. The normalized spacial score (nSPS) is 11.2. The Hall–Kier alpha value is -2.93. The van der Waals surface area contributed by atoms with E-state index in [2.05, 4.69) is 10.5 Å². The molecule has 0 aliphatic rings. The lowest BCUT2D eigenvalue weighted by Crippen LogP contribution is -2.23. The number of sulfone groups is 1. The summed E-state index contributed by atoms with van der Waals surface area (Å²) in [5.74, 6) is -1.24. The highest BCUT2D eigenvalue weighted by Crippen LogP contribution is 2.27. The van der Waals surface area contributed by atoms with E-state index < -0.39 is 21.5 Å². The van der Waals surface area contributed by atoms with Gasteiger partial charge >= 0.3 is 0 Å². The number of aromatic nitrogens is 1. The smallest absolute Gasteiger partial charge is 0.242 e. The fraction of sp³-hybridized carbons (Fsp3) is 0.0588. The van der Waals surface area contributed by atoms with Crippen molar-refractivity contribution in [2.24, 2.45) is 0 Å². The van der Waals surface area contributed by atoms with Crippen molar-refractivity contribution in [3.63, 3.8) is 0 Å². The van der Waals surface area contributed by atoms with Crippen molar-refractivity contribution in [3.8, 4) is 11.1 Å². The number of hydrogen-bond acceptors (Lipinski definition) is 5. The van der Waals surface area contributed by atoms with E-state index in [0.717, 1.165) is 5.56 Å². The standard InChI is InChI=1S/C17H14N2O4S/c20-16(12-24(21,22)14-9-5-2-6-10-14)19-17-15(11-18-23-17)13-7-3-1-4-8-13/h1-11H,12H2,(H,19,20). The molecule has 0 saturated carbocycles. The van der Waals surface area contributed by atoms with Gasteiger partial charge in [0.2, 0.25) is 11.8 Å². The molecular formula is C17H14N2O4S. The van der Waals surface area contributed by atoms with Crippen LogP contribution in [0.15, 0.2) is 76.3 Å². The van der Waals surface area contributed by atoms with E-state index in [1.807, 2.05) is 30.3 Å². The Bertz CT molecular complexity index is 935. The van der Waals surface area contributed by atoms with Gasteiger partial charge in [-0.2, -0.15) is 0 Å². The summed E-state index contributed by atoms with van der Waals surface area (Å²) in [6, 6.07) is 17.0. The first-order valence-electron chi connectivity index (χ1n) is 7.14. The van der Waals surface area contributed by atoms with Crippen LogP contribution in [0, 0.1) is 0 Å². The molecule has 122 valence electrons. The van der Waals surface area contributed by atoms with Crippen LogP contribution in [0.2, 0.25) is 0 Å². The molecule has 0 bridgehead atoms. The third kappa shape index (κ3) is 3.52. The molecule has 3 aromatic rings. The minimum absolute atomic E-state index is 0.0982. The summed E-state index contributed by atoms with van der Waals surface area (Å²) in [4.78, 5) is 12.2. The molecule has 0 atom stereocenters. The molecule has 0 spiro atoms. The van der Waals surface area contributed by atoms with E-state index >= 15 is 0 Å². The topological polar surface area (TPSA) is 89.3 Å². The van der Waals surface area contributed by atoms with Crippen molar-refractivity contribution in [3.05, 3.63) is 66.9 Å². The molecule has 6 nitrogen and oxygen atoms in total. The van der Waals surface area contributed by atoms with Crippen LogP contribution in [-0.2, 0) is 14.6 Å². The summed E-state index contributed by atoms with van der Waals surface area (Å²) < 4.78 is 29.5. The second-order valence-corrected chi connectivity index (χ2v) is 7.04. The number of nitrogens with zero attached hydrogens (tertiary/aromatic N) is 1. The predicted octanol–water partition coefficient (Wildman–Crippen LogP) is 2.75. The number of hydrogen-bond donors (Lipinski definition) is 1. The fourth-order valence-corrected chi connectivity index (χ4v) is 3.36. The number of carbonyl (C=O) groups excluding carboxylic acids is 1. The van der Waals surface area contributed by atoms with Gasteiger partial charge in [0.15, 0.2) is 9.84 Å². The van der Waals surface area contributed by atoms with Gasteiger partial charge in [0.25, 0.3) is 0 Å². The van der Waals surface area contributed by atoms with Gasteiger partial charge in [0, 0.05) is 0 Å². The minimum Gasteiger partial charge on any atom is -0.338 e. The Morgan fingerprint density at radius 3 is 2.29 bits per heavy atom. The SMILES string of the molecule is O=C(CS(=O)(=O)c1ccccc1)Nc1oncc1-c1ccccc1. The molecule has 1 heterocycles. The summed E-state index contributed by atoms with van der Waals surface area (Å²) in [5.41, 5.74) is 1.39. The van der Waals surface area contributed by atoms with Crippen molar-refractivity contribution in [2.45, 2.75) is 4.90 Å². The largest absolute Gasteiger partial charge is 0.338 e. The zero-order chi connectivity index (χ0) is 17.0. The van der Waals surface area contributed by atoms with E-state index in [-0.39, 0.29) is 10.8 Å². The van der Waals surface area contributed by atoms with Crippen LogP contribution < -0.4 is 5.32 Å². The van der Waals surface area contributed by atoms with Crippen molar-refractivity contribution >= 4 is 21.6 Å². The average Bonchev–Trinajstić information content (AvgIpc) is 3.04. The fourth-order valence-electron chi connectivity index (χ4n) is 2.20. The molecule has 0 aliphatic carbocycles. The maximum absolute atomic E-state index is 12.2. The first-order valence-corrected chi connectivity index (χ1v) is 8.79.